The zero-order valence-corrected chi connectivity index (χ0v) is 12.4. The third-order valence-corrected chi connectivity index (χ3v) is 3.77. The fourth-order valence-corrected chi connectivity index (χ4v) is 2.56. The number of aromatic nitrogens is 3. The van der Waals surface area contributed by atoms with E-state index in [1.807, 2.05) is 22.9 Å². The van der Waals surface area contributed by atoms with Gasteiger partial charge < -0.3 is 10.1 Å². The minimum absolute atomic E-state index is 0.00588. The molecule has 1 aliphatic rings. The summed E-state index contributed by atoms with van der Waals surface area (Å²) in [5.74, 6) is 0.775. The van der Waals surface area contributed by atoms with Crippen molar-refractivity contribution in [1.29, 1.82) is 0 Å². The largest absolute Gasteiger partial charge is 0.378 e. The second kappa shape index (κ2) is 7.17. The smallest absolute Gasteiger partial charge is 0.224 e. The number of hydrogen-bond donors (Lipinski definition) is 1. The summed E-state index contributed by atoms with van der Waals surface area (Å²) in [6.45, 7) is 0.825. The average Bonchev–Trinajstić information content (AvgIpc) is 3.09. The minimum Gasteiger partial charge on any atom is -0.378 e. The molecule has 1 fully saturated rings. The number of imidazole rings is 1. The van der Waals surface area contributed by atoms with Gasteiger partial charge in [-0.15, -0.1) is 0 Å². The van der Waals surface area contributed by atoms with E-state index in [1.54, 1.807) is 18.7 Å². The Kier molecular flexibility index (Phi) is 4.80. The molecular formula is C16H20N4O2. The Morgan fingerprint density at radius 2 is 2.36 bits per heavy atom. The van der Waals surface area contributed by atoms with Gasteiger partial charge in [0.2, 0.25) is 5.91 Å². The van der Waals surface area contributed by atoms with Crippen LogP contribution in [0.5, 0.6) is 0 Å². The summed E-state index contributed by atoms with van der Waals surface area (Å²) in [5, 5.41) is 2.87. The van der Waals surface area contributed by atoms with Gasteiger partial charge in [0.05, 0.1) is 18.0 Å². The van der Waals surface area contributed by atoms with Crippen LogP contribution in [0.1, 0.15) is 32.1 Å². The van der Waals surface area contributed by atoms with Gasteiger partial charge in [-0.1, -0.05) is 0 Å². The van der Waals surface area contributed by atoms with Crippen LogP contribution in [0.25, 0.3) is 5.82 Å². The lowest BCUT2D eigenvalue weighted by Crippen LogP contribution is -2.21. The number of rotatable bonds is 5. The van der Waals surface area contributed by atoms with Crippen molar-refractivity contribution in [3.8, 4) is 5.82 Å². The van der Waals surface area contributed by atoms with E-state index in [0.29, 0.717) is 12.1 Å². The first-order chi connectivity index (χ1) is 10.8. The Hall–Kier alpha value is -2.21. The van der Waals surface area contributed by atoms with Crippen LogP contribution >= 0.6 is 0 Å². The number of ether oxygens (including phenoxy) is 1. The van der Waals surface area contributed by atoms with Gasteiger partial charge in [0.25, 0.3) is 0 Å². The number of nitrogens with zero attached hydrogens (tertiary/aromatic N) is 3. The molecule has 6 heteroatoms. The molecule has 0 spiro atoms. The number of nitrogens with one attached hydrogen (secondary N) is 1. The fraction of sp³-hybridized carbons (Fsp3) is 0.438. The number of hydrogen-bond acceptors (Lipinski definition) is 4. The molecular weight excluding hydrogens is 280 g/mol. The maximum Gasteiger partial charge on any atom is 0.224 e. The van der Waals surface area contributed by atoms with Crippen LogP contribution in [0.3, 0.4) is 0 Å². The molecule has 1 saturated heterocycles. The van der Waals surface area contributed by atoms with Crippen LogP contribution in [0, 0.1) is 0 Å². The van der Waals surface area contributed by atoms with Crippen LogP contribution < -0.4 is 5.32 Å². The van der Waals surface area contributed by atoms with Crippen molar-refractivity contribution in [1.82, 2.24) is 14.5 Å². The molecule has 3 heterocycles. The van der Waals surface area contributed by atoms with Crippen LogP contribution in [0.2, 0.25) is 0 Å². The molecule has 0 saturated carbocycles. The molecule has 1 atom stereocenters. The Bertz CT molecular complexity index is 589. The molecule has 2 aromatic heterocycles. The Balaban J connectivity index is 1.48. The van der Waals surface area contributed by atoms with Crippen molar-refractivity contribution in [2.24, 2.45) is 0 Å². The summed E-state index contributed by atoms with van der Waals surface area (Å²) in [6.07, 6.45) is 11.8. The summed E-state index contributed by atoms with van der Waals surface area (Å²) in [5.41, 5.74) is 0.707. The lowest BCUT2D eigenvalue weighted by atomic mass is 10.0. The molecule has 3 rings (SSSR count). The molecule has 6 nitrogen and oxygen atoms in total. The molecule has 1 N–H and O–H groups in total. The van der Waals surface area contributed by atoms with Gasteiger partial charge in [-0.2, -0.15) is 0 Å². The molecule has 0 aliphatic carbocycles. The fourth-order valence-electron chi connectivity index (χ4n) is 2.56. The van der Waals surface area contributed by atoms with Gasteiger partial charge in [0.15, 0.2) is 0 Å². The number of carbonyl (C=O) groups is 1. The normalized spacial score (nSPS) is 18.1. The quantitative estimate of drug-likeness (QED) is 0.921. The van der Waals surface area contributed by atoms with Crippen LogP contribution in [-0.4, -0.2) is 33.2 Å². The highest BCUT2D eigenvalue weighted by molar-refractivity contribution is 5.90. The lowest BCUT2D eigenvalue weighted by molar-refractivity contribution is -0.117. The van der Waals surface area contributed by atoms with Crippen LogP contribution in [-0.2, 0) is 9.53 Å². The summed E-state index contributed by atoms with van der Waals surface area (Å²) in [4.78, 5) is 20.2. The summed E-state index contributed by atoms with van der Waals surface area (Å²) >= 11 is 0. The van der Waals surface area contributed by atoms with Crippen molar-refractivity contribution in [2.75, 3.05) is 11.9 Å². The van der Waals surface area contributed by atoms with E-state index in [4.69, 9.17) is 4.74 Å². The third-order valence-electron chi connectivity index (χ3n) is 3.77. The highest BCUT2D eigenvalue weighted by Gasteiger charge is 2.15. The summed E-state index contributed by atoms with van der Waals surface area (Å²) in [7, 11) is 0. The highest BCUT2D eigenvalue weighted by atomic mass is 16.5. The van der Waals surface area contributed by atoms with Gasteiger partial charge in [0, 0.05) is 25.4 Å². The van der Waals surface area contributed by atoms with Crippen molar-refractivity contribution >= 4 is 11.6 Å². The monoisotopic (exact) mass is 300 g/mol. The van der Waals surface area contributed by atoms with E-state index in [2.05, 4.69) is 15.3 Å². The van der Waals surface area contributed by atoms with E-state index >= 15 is 0 Å². The van der Waals surface area contributed by atoms with Gasteiger partial charge in [-0.05, 0) is 37.8 Å². The second-order valence-corrected chi connectivity index (χ2v) is 5.45. The van der Waals surface area contributed by atoms with Crippen molar-refractivity contribution in [3.63, 3.8) is 0 Å². The number of carbonyl (C=O) groups excluding carboxylic acids is 1. The molecule has 1 unspecified atom stereocenters. The van der Waals surface area contributed by atoms with E-state index in [9.17, 15) is 4.79 Å². The van der Waals surface area contributed by atoms with Crippen LogP contribution in [0.4, 0.5) is 5.69 Å². The predicted molar refractivity (Wildman–Crippen MR) is 82.8 cm³/mol. The second-order valence-electron chi connectivity index (χ2n) is 5.45. The van der Waals surface area contributed by atoms with Gasteiger partial charge in [-0.3, -0.25) is 9.36 Å². The molecule has 22 heavy (non-hydrogen) atoms. The molecule has 1 aliphatic heterocycles. The molecule has 0 radical (unpaired) electrons. The highest BCUT2D eigenvalue weighted by Crippen LogP contribution is 2.17. The predicted octanol–water partition coefficient (Wildman–Crippen LogP) is 2.56. The molecule has 0 bridgehead atoms. The zero-order valence-electron chi connectivity index (χ0n) is 12.4. The third kappa shape index (κ3) is 3.92. The van der Waals surface area contributed by atoms with E-state index in [1.165, 1.54) is 6.42 Å². The maximum absolute atomic E-state index is 12.0. The van der Waals surface area contributed by atoms with Gasteiger partial charge in [-0.25, -0.2) is 9.97 Å². The maximum atomic E-state index is 12.0. The summed E-state index contributed by atoms with van der Waals surface area (Å²) in [6, 6.07) is 3.69. The van der Waals surface area contributed by atoms with E-state index in [0.717, 1.165) is 31.7 Å². The first-order valence-corrected chi connectivity index (χ1v) is 7.67. The first kappa shape index (κ1) is 14.7. The summed E-state index contributed by atoms with van der Waals surface area (Å²) < 4.78 is 7.45. The number of pyridine rings is 1. The molecule has 2 aromatic rings. The molecule has 116 valence electrons. The van der Waals surface area contributed by atoms with Gasteiger partial charge >= 0.3 is 0 Å². The standard InChI is InChI=1S/C16H20N4O2/c21-16(7-5-14-3-1-2-10-22-14)19-13-4-6-15(18-11-13)20-9-8-17-12-20/h4,6,8-9,11-12,14H,1-3,5,7,10H2,(H,19,21). The Morgan fingerprint density at radius 1 is 1.41 bits per heavy atom. The van der Waals surface area contributed by atoms with Crippen molar-refractivity contribution in [3.05, 3.63) is 37.1 Å². The lowest BCUT2D eigenvalue weighted by Gasteiger charge is -2.22. The topological polar surface area (TPSA) is 69.0 Å². The van der Waals surface area contributed by atoms with Crippen molar-refractivity contribution in [2.45, 2.75) is 38.2 Å². The number of amides is 1. The molecule has 0 aromatic carbocycles. The average molecular weight is 300 g/mol. The van der Waals surface area contributed by atoms with Crippen molar-refractivity contribution < 1.29 is 9.53 Å². The SMILES string of the molecule is O=C(CCC1CCCCO1)Nc1ccc(-n2ccnc2)nc1. The van der Waals surface area contributed by atoms with Gasteiger partial charge in [0.1, 0.15) is 12.1 Å². The minimum atomic E-state index is 0.00588. The van der Waals surface area contributed by atoms with E-state index < -0.39 is 0 Å². The Labute approximate surface area is 129 Å². The number of anilines is 1. The molecule has 1 amide bonds. The zero-order chi connectivity index (χ0) is 15.2. The Morgan fingerprint density at radius 3 is 3.05 bits per heavy atom. The van der Waals surface area contributed by atoms with Crippen LogP contribution in [0.15, 0.2) is 37.1 Å². The van der Waals surface area contributed by atoms with E-state index in [-0.39, 0.29) is 12.0 Å². The first-order valence-electron chi connectivity index (χ1n) is 7.67.